The van der Waals surface area contributed by atoms with E-state index in [0.29, 0.717) is 5.92 Å². The SMILES string of the molecule is CCCOC(C)(C)C/C=C/[C@H]1CCC[C@@H]1C/C=C\CCC(SS)C(N)=O. The highest BCUT2D eigenvalue weighted by atomic mass is 33.1. The van der Waals surface area contributed by atoms with E-state index in [1.165, 1.54) is 30.1 Å². The predicted octanol–water partition coefficient (Wildman–Crippen LogP) is 5.71. The fourth-order valence-electron chi connectivity index (χ4n) is 3.46. The minimum absolute atomic E-state index is 0.0670. The Morgan fingerprint density at radius 1 is 1.35 bits per heavy atom. The van der Waals surface area contributed by atoms with Crippen molar-refractivity contribution in [2.24, 2.45) is 17.6 Å². The van der Waals surface area contributed by atoms with Gasteiger partial charge in [0.05, 0.1) is 10.9 Å². The van der Waals surface area contributed by atoms with Crippen LogP contribution < -0.4 is 5.73 Å². The van der Waals surface area contributed by atoms with Crippen LogP contribution in [0.1, 0.15) is 72.1 Å². The number of nitrogens with two attached hydrogens (primary N) is 1. The van der Waals surface area contributed by atoms with Crippen LogP contribution in [0.5, 0.6) is 0 Å². The molecular weight excluding hydrogens is 362 g/mol. The first-order valence-electron chi connectivity index (χ1n) is 9.94. The van der Waals surface area contributed by atoms with Gasteiger partial charge in [-0.25, -0.2) is 0 Å². The zero-order chi connectivity index (χ0) is 19.4. The van der Waals surface area contributed by atoms with Gasteiger partial charge in [0.15, 0.2) is 0 Å². The summed E-state index contributed by atoms with van der Waals surface area (Å²) in [6.07, 6.45) is 18.0. The maximum absolute atomic E-state index is 11.2. The highest BCUT2D eigenvalue weighted by Gasteiger charge is 2.24. The Hall–Kier alpha value is -0.390. The summed E-state index contributed by atoms with van der Waals surface area (Å²) in [6, 6.07) is 0. The second-order valence-electron chi connectivity index (χ2n) is 7.88. The van der Waals surface area contributed by atoms with Gasteiger partial charge in [0.2, 0.25) is 5.91 Å². The maximum atomic E-state index is 11.2. The Bertz CT molecular complexity index is 463. The zero-order valence-electron chi connectivity index (χ0n) is 16.7. The molecule has 0 bridgehead atoms. The molecule has 1 fully saturated rings. The van der Waals surface area contributed by atoms with Crippen LogP contribution in [0.2, 0.25) is 0 Å². The van der Waals surface area contributed by atoms with Crippen LogP contribution in [0.15, 0.2) is 24.3 Å². The van der Waals surface area contributed by atoms with Gasteiger partial charge in [0.25, 0.3) is 0 Å². The van der Waals surface area contributed by atoms with Crippen LogP contribution in [-0.2, 0) is 9.53 Å². The molecule has 0 aromatic carbocycles. The van der Waals surface area contributed by atoms with Gasteiger partial charge < -0.3 is 10.5 Å². The van der Waals surface area contributed by atoms with Gasteiger partial charge in [-0.1, -0.05) is 48.4 Å². The highest BCUT2D eigenvalue weighted by Crippen LogP contribution is 2.35. The first-order valence-corrected chi connectivity index (χ1v) is 11.9. The average Bonchev–Trinajstić information content (AvgIpc) is 3.03. The molecule has 1 amide bonds. The van der Waals surface area contributed by atoms with Crippen molar-refractivity contribution in [1.82, 2.24) is 0 Å². The molecule has 1 saturated carbocycles. The van der Waals surface area contributed by atoms with E-state index >= 15 is 0 Å². The van der Waals surface area contributed by atoms with Gasteiger partial charge >= 0.3 is 0 Å². The molecule has 3 nitrogen and oxygen atoms in total. The number of carbonyl (C=O) groups is 1. The summed E-state index contributed by atoms with van der Waals surface area (Å²) in [6.45, 7) is 7.32. The standard InChI is InChI=1S/C21H37NO2S2/c1-4-16-24-21(2,3)15-9-13-18-12-8-11-17(18)10-6-5-7-14-19(26-25)20(22)23/h5-6,9,13,17-19,25H,4,7-8,10-12,14-16H2,1-3H3,(H2,22,23)/b6-5-,13-9+/t17-,18+,19?/m0/s1. The number of amides is 1. The number of allylic oxidation sites excluding steroid dienone is 3. The van der Waals surface area contributed by atoms with Gasteiger partial charge in [-0.05, 0) is 70.6 Å². The molecule has 0 aromatic heterocycles. The van der Waals surface area contributed by atoms with Gasteiger partial charge in [-0.2, -0.15) is 0 Å². The topological polar surface area (TPSA) is 52.3 Å². The lowest BCUT2D eigenvalue weighted by atomic mass is 9.91. The second-order valence-corrected chi connectivity index (χ2v) is 9.29. The minimum atomic E-state index is -0.273. The third-order valence-electron chi connectivity index (χ3n) is 5.05. The first kappa shape index (κ1) is 23.6. The Morgan fingerprint density at radius 2 is 2.12 bits per heavy atom. The monoisotopic (exact) mass is 399 g/mol. The van der Waals surface area contributed by atoms with Crippen molar-refractivity contribution in [2.45, 2.75) is 83.0 Å². The molecule has 0 heterocycles. The quantitative estimate of drug-likeness (QED) is 0.237. The average molecular weight is 400 g/mol. The summed E-state index contributed by atoms with van der Waals surface area (Å²) in [7, 11) is 1.24. The number of ether oxygens (including phenoxy) is 1. The fourth-order valence-corrected chi connectivity index (χ4v) is 4.43. The Kier molecular flexibility index (Phi) is 11.7. The highest BCUT2D eigenvalue weighted by molar-refractivity contribution is 8.69. The molecule has 3 atom stereocenters. The molecule has 0 aromatic rings. The van der Waals surface area contributed by atoms with Crippen LogP contribution in [-0.4, -0.2) is 23.4 Å². The summed E-state index contributed by atoms with van der Waals surface area (Å²) in [5, 5.41) is -0.191. The van der Waals surface area contributed by atoms with Crippen molar-refractivity contribution in [1.29, 1.82) is 0 Å². The van der Waals surface area contributed by atoms with Crippen LogP contribution in [0.25, 0.3) is 0 Å². The number of hydrogen-bond donors (Lipinski definition) is 2. The summed E-state index contributed by atoms with van der Waals surface area (Å²) in [4.78, 5) is 11.2. The summed E-state index contributed by atoms with van der Waals surface area (Å²) in [5.41, 5.74) is 5.27. The van der Waals surface area contributed by atoms with Gasteiger partial charge in [0, 0.05) is 6.61 Å². The number of primary amides is 1. The van der Waals surface area contributed by atoms with Gasteiger partial charge in [-0.15, -0.1) is 11.7 Å². The minimum Gasteiger partial charge on any atom is -0.375 e. The lowest BCUT2D eigenvalue weighted by Gasteiger charge is -2.24. The molecule has 1 aliphatic carbocycles. The van der Waals surface area contributed by atoms with E-state index in [2.05, 4.69) is 56.7 Å². The van der Waals surface area contributed by atoms with Crippen molar-refractivity contribution in [3.05, 3.63) is 24.3 Å². The van der Waals surface area contributed by atoms with Crippen LogP contribution in [0.3, 0.4) is 0 Å². The molecule has 150 valence electrons. The molecule has 5 heteroatoms. The summed E-state index contributed by atoms with van der Waals surface area (Å²) in [5.74, 6) is 1.16. The Morgan fingerprint density at radius 3 is 2.77 bits per heavy atom. The first-order chi connectivity index (χ1) is 12.4. The van der Waals surface area contributed by atoms with Gasteiger partial charge in [-0.3, -0.25) is 4.79 Å². The molecule has 0 radical (unpaired) electrons. The van der Waals surface area contributed by atoms with Crippen molar-refractivity contribution >= 4 is 28.4 Å². The molecular formula is C21H37NO2S2. The van der Waals surface area contributed by atoms with E-state index in [1.54, 1.807) is 0 Å². The molecule has 2 N–H and O–H groups in total. The van der Waals surface area contributed by atoms with Gasteiger partial charge in [0.1, 0.15) is 0 Å². The smallest absolute Gasteiger partial charge is 0.231 e. The largest absolute Gasteiger partial charge is 0.375 e. The number of carbonyl (C=O) groups excluding carboxylic acids is 1. The molecule has 0 spiro atoms. The van der Waals surface area contributed by atoms with Crippen LogP contribution in [0, 0.1) is 11.8 Å². The van der Waals surface area contributed by atoms with E-state index in [0.717, 1.165) is 44.6 Å². The van der Waals surface area contributed by atoms with E-state index in [-0.39, 0.29) is 16.8 Å². The van der Waals surface area contributed by atoms with Crippen LogP contribution in [0.4, 0.5) is 0 Å². The lowest BCUT2D eigenvalue weighted by Crippen LogP contribution is -2.24. The van der Waals surface area contributed by atoms with Crippen LogP contribution >= 0.6 is 22.5 Å². The van der Waals surface area contributed by atoms with E-state index < -0.39 is 0 Å². The molecule has 1 aliphatic rings. The number of thiol groups is 1. The zero-order valence-corrected chi connectivity index (χ0v) is 18.4. The number of rotatable bonds is 13. The van der Waals surface area contributed by atoms with E-state index in [4.69, 9.17) is 10.5 Å². The number of hydrogen-bond acceptors (Lipinski definition) is 4. The van der Waals surface area contributed by atoms with E-state index in [9.17, 15) is 4.79 Å². The second kappa shape index (κ2) is 12.9. The third-order valence-corrected chi connectivity index (χ3v) is 6.54. The molecule has 0 aliphatic heterocycles. The third kappa shape index (κ3) is 9.52. The van der Waals surface area contributed by atoms with Crippen molar-refractivity contribution < 1.29 is 9.53 Å². The Balaban J connectivity index is 2.35. The molecule has 26 heavy (non-hydrogen) atoms. The normalized spacial score (nSPS) is 22.5. The predicted molar refractivity (Wildman–Crippen MR) is 117 cm³/mol. The van der Waals surface area contributed by atoms with Crippen molar-refractivity contribution in [3.63, 3.8) is 0 Å². The van der Waals surface area contributed by atoms with Crippen molar-refractivity contribution in [3.8, 4) is 0 Å². The Labute approximate surface area is 169 Å². The molecule has 1 unspecified atom stereocenters. The molecule has 1 rings (SSSR count). The lowest BCUT2D eigenvalue weighted by molar-refractivity contribution is -0.117. The fraction of sp³-hybridized carbons (Fsp3) is 0.762. The van der Waals surface area contributed by atoms with E-state index in [1.807, 2.05) is 0 Å². The summed E-state index contributed by atoms with van der Waals surface area (Å²) < 4.78 is 5.90. The maximum Gasteiger partial charge on any atom is 0.231 e. The van der Waals surface area contributed by atoms with Crippen molar-refractivity contribution in [2.75, 3.05) is 6.61 Å². The summed E-state index contributed by atoms with van der Waals surface area (Å²) >= 11 is 4.11. The molecule has 0 saturated heterocycles.